The van der Waals surface area contributed by atoms with Crippen LogP contribution >= 0.6 is 0 Å². The predicted molar refractivity (Wildman–Crippen MR) is 87.7 cm³/mol. The molecule has 8 heteroatoms. The molecule has 0 unspecified atom stereocenters. The minimum Gasteiger partial charge on any atom is -0.305 e. The van der Waals surface area contributed by atoms with Crippen LogP contribution in [0.4, 0.5) is 5.69 Å². The van der Waals surface area contributed by atoms with Gasteiger partial charge in [0.1, 0.15) is 12.0 Å². The summed E-state index contributed by atoms with van der Waals surface area (Å²) in [6, 6.07) is 6.11. The smallest absolute Gasteiger partial charge is 0.288 e. The van der Waals surface area contributed by atoms with Crippen molar-refractivity contribution >= 4 is 11.6 Å². The van der Waals surface area contributed by atoms with Crippen LogP contribution in [0.5, 0.6) is 0 Å². The van der Waals surface area contributed by atoms with Crippen molar-refractivity contribution in [2.45, 2.75) is 19.3 Å². The van der Waals surface area contributed by atoms with Crippen molar-refractivity contribution in [3.8, 4) is 5.69 Å². The van der Waals surface area contributed by atoms with Crippen LogP contribution in [0.25, 0.3) is 5.69 Å². The molecule has 0 N–H and O–H groups in total. The van der Waals surface area contributed by atoms with E-state index < -0.39 is 4.92 Å². The normalized spacial score (nSPS) is 15.2. The van der Waals surface area contributed by atoms with Crippen molar-refractivity contribution in [3.05, 3.63) is 52.6 Å². The number of nitrogens with zero attached hydrogens (tertiary/aromatic N) is 5. The minimum absolute atomic E-state index is 0.0278. The van der Waals surface area contributed by atoms with Crippen LogP contribution in [-0.2, 0) is 0 Å². The monoisotopic (exact) mass is 329 g/mol. The fourth-order valence-electron chi connectivity index (χ4n) is 2.79. The van der Waals surface area contributed by atoms with Crippen molar-refractivity contribution in [1.82, 2.24) is 19.6 Å². The van der Waals surface area contributed by atoms with Gasteiger partial charge in [-0.3, -0.25) is 19.9 Å². The van der Waals surface area contributed by atoms with Crippen molar-refractivity contribution in [2.75, 3.05) is 20.1 Å². The summed E-state index contributed by atoms with van der Waals surface area (Å²) in [5.41, 5.74) is 1.09. The van der Waals surface area contributed by atoms with Gasteiger partial charge in [-0.25, -0.2) is 9.99 Å². The van der Waals surface area contributed by atoms with E-state index in [0.29, 0.717) is 11.4 Å². The van der Waals surface area contributed by atoms with E-state index in [1.165, 1.54) is 18.6 Å². The summed E-state index contributed by atoms with van der Waals surface area (Å²) in [5.74, 6) is -0.155. The van der Waals surface area contributed by atoms with Crippen LogP contribution < -0.4 is 0 Å². The molecule has 0 radical (unpaired) electrons. The van der Waals surface area contributed by atoms with E-state index in [0.717, 1.165) is 25.9 Å². The Kier molecular flexibility index (Phi) is 4.57. The molecule has 0 atom stereocenters. The highest BCUT2D eigenvalue weighted by Crippen LogP contribution is 2.17. The van der Waals surface area contributed by atoms with Crippen molar-refractivity contribution in [1.29, 1.82) is 0 Å². The number of hydrazine groups is 1. The van der Waals surface area contributed by atoms with E-state index >= 15 is 0 Å². The molecule has 2 heterocycles. The van der Waals surface area contributed by atoms with Gasteiger partial charge in [0.05, 0.1) is 4.92 Å². The van der Waals surface area contributed by atoms with Gasteiger partial charge < -0.3 is 4.57 Å². The van der Waals surface area contributed by atoms with E-state index in [1.54, 1.807) is 41.3 Å². The first-order valence-electron chi connectivity index (χ1n) is 7.88. The summed E-state index contributed by atoms with van der Waals surface area (Å²) < 4.78 is 1.68. The van der Waals surface area contributed by atoms with Crippen LogP contribution in [-0.4, -0.2) is 50.5 Å². The SMILES string of the molecule is CN(C(=O)c1cn(-c2ccc([N+](=O)[O-])cc2)cn1)N1CCCCC1. The number of carbonyl (C=O) groups is 1. The van der Waals surface area contributed by atoms with Gasteiger partial charge in [-0.2, -0.15) is 0 Å². The molecule has 0 saturated carbocycles. The molecule has 2 aromatic rings. The summed E-state index contributed by atoms with van der Waals surface area (Å²) in [5, 5.41) is 14.4. The Bertz CT molecular complexity index is 734. The topological polar surface area (TPSA) is 84.5 Å². The molecule has 8 nitrogen and oxygen atoms in total. The van der Waals surface area contributed by atoms with Gasteiger partial charge in [-0.1, -0.05) is 6.42 Å². The molecule has 1 amide bonds. The second-order valence-corrected chi connectivity index (χ2v) is 5.78. The number of benzene rings is 1. The highest BCUT2D eigenvalue weighted by Gasteiger charge is 2.22. The number of rotatable bonds is 4. The number of non-ortho nitro benzene ring substituents is 1. The number of piperidine rings is 1. The molecule has 1 saturated heterocycles. The van der Waals surface area contributed by atoms with E-state index in [2.05, 4.69) is 4.98 Å². The number of nitro groups is 1. The standard InChI is InChI=1S/C16H19N5O3/c1-18(20-9-3-2-4-10-20)16(22)15-11-19(12-17-15)13-5-7-14(8-6-13)21(23)24/h5-8,11-12H,2-4,9-10H2,1H3. The van der Waals surface area contributed by atoms with E-state index in [9.17, 15) is 14.9 Å². The molecule has 1 aromatic heterocycles. The zero-order chi connectivity index (χ0) is 17.1. The molecule has 0 bridgehead atoms. The van der Waals surface area contributed by atoms with Gasteiger partial charge in [-0.05, 0) is 25.0 Å². The molecular formula is C16H19N5O3. The lowest BCUT2D eigenvalue weighted by Gasteiger charge is -2.34. The first kappa shape index (κ1) is 16.1. The molecule has 0 spiro atoms. The Morgan fingerprint density at radius 1 is 1.21 bits per heavy atom. The molecule has 126 valence electrons. The van der Waals surface area contributed by atoms with Crippen LogP contribution in [0.15, 0.2) is 36.8 Å². The van der Waals surface area contributed by atoms with E-state index in [-0.39, 0.29) is 11.6 Å². The maximum Gasteiger partial charge on any atom is 0.288 e. The van der Waals surface area contributed by atoms with Crippen molar-refractivity contribution in [3.63, 3.8) is 0 Å². The molecule has 24 heavy (non-hydrogen) atoms. The van der Waals surface area contributed by atoms with Gasteiger partial charge in [-0.15, -0.1) is 0 Å². The number of hydrogen-bond acceptors (Lipinski definition) is 5. The Labute approximate surface area is 139 Å². The third kappa shape index (κ3) is 3.28. The Balaban J connectivity index is 1.74. The van der Waals surface area contributed by atoms with Crippen LogP contribution in [0.1, 0.15) is 29.8 Å². The molecule has 1 aliphatic rings. The van der Waals surface area contributed by atoms with Crippen LogP contribution in [0.2, 0.25) is 0 Å². The number of nitro benzene ring substituents is 1. The van der Waals surface area contributed by atoms with Gasteiger partial charge in [0.2, 0.25) is 0 Å². The maximum absolute atomic E-state index is 12.6. The molecular weight excluding hydrogens is 310 g/mol. The zero-order valence-electron chi connectivity index (χ0n) is 13.5. The zero-order valence-corrected chi connectivity index (χ0v) is 13.5. The third-order valence-corrected chi connectivity index (χ3v) is 4.21. The van der Waals surface area contributed by atoms with Gasteiger partial charge in [0, 0.05) is 44.2 Å². The first-order chi connectivity index (χ1) is 11.6. The summed E-state index contributed by atoms with van der Waals surface area (Å²) in [6.45, 7) is 1.76. The number of aromatic nitrogens is 2. The Morgan fingerprint density at radius 2 is 1.88 bits per heavy atom. The van der Waals surface area contributed by atoms with Gasteiger partial charge in [0.25, 0.3) is 11.6 Å². The molecule has 0 aliphatic carbocycles. The summed E-state index contributed by atoms with van der Waals surface area (Å²) in [4.78, 5) is 27.0. The lowest BCUT2D eigenvalue weighted by molar-refractivity contribution is -0.384. The van der Waals surface area contributed by atoms with Gasteiger partial charge >= 0.3 is 0 Å². The molecule has 1 fully saturated rings. The minimum atomic E-state index is -0.444. The highest BCUT2D eigenvalue weighted by atomic mass is 16.6. The fourth-order valence-corrected chi connectivity index (χ4v) is 2.79. The van der Waals surface area contributed by atoms with Crippen molar-refractivity contribution < 1.29 is 9.72 Å². The largest absolute Gasteiger partial charge is 0.305 e. The lowest BCUT2D eigenvalue weighted by atomic mass is 10.2. The van der Waals surface area contributed by atoms with E-state index in [4.69, 9.17) is 0 Å². The molecule has 1 aliphatic heterocycles. The second-order valence-electron chi connectivity index (χ2n) is 5.78. The average molecular weight is 329 g/mol. The first-order valence-corrected chi connectivity index (χ1v) is 7.88. The van der Waals surface area contributed by atoms with Crippen LogP contribution in [0, 0.1) is 10.1 Å². The number of imidazole rings is 1. The average Bonchev–Trinajstić information content (AvgIpc) is 3.11. The van der Waals surface area contributed by atoms with Crippen LogP contribution in [0.3, 0.4) is 0 Å². The number of carbonyl (C=O) groups excluding carboxylic acids is 1. The lowest BCUT2D eigenvalue weighted by Crippen LogP contribution is -2.46. The summed E-state index contributed by atoms with van der Waals surface area (Å²) in [7, 11) is 1.76. The van der Waals surface area contributed by atoms with E-state index in [1.807, 2.05) is 5.01 Å². The predicted octanol–water partition coefficient (Wildman–Crippen LogP) is 2.25. The Morgan fingerprint density at radius 3 is 2.50 bits per heavy atom. The van der Waals surface area contributed by atoms with Gasteiger partial charge in [0.15, 0.2) is 0 Å². The number of amides is 1. The molecule has 1 aromatic carbocycles. The maximum atomic E-state index is 12.6. The Hall–Kier alpha value is -2.74. The quantitative estimate of drug-likeness (QED) is 0.634. The fraction of sp³-hybridized carbons (Fsp3) is 0.375. The summed E-state index contributed by atoms with van der Waals surface area (Å²) in [6.07, 6.45) is 6.57. The second kappa shape index (κ2) is 6.79. The third-order valence-electron chi connectivity index (χ3n) is 4.21. The molecule has 3 rings (SSSR count). The number of hydrogen-bond donors (Lipinski definition) is 0. The summed E-state index contributed by atoms with van der Waals surface area (Å²) >= 11 is 0. The van der Waals surface area contributed by atoms with Crippen molar-refractivity contribution in [2.24, 2.45) is 0 Å². The highest BCUT2D eigenvalue weighted by molar-refractivity contribution is 5.91.